The number of oxime groups is 1. The van der Waals surface area contributed by atoms with Crippen LogP contribution in [0.25, 0.3) is 10.8 Å². The van der Waals surface area contributed by atoms with Crippen molar-refractivity contribution in [2.24, 2.45) is 5.16 Å². The van der Waals surface area contributed by atoms with Gasteiger partial charge in [-0.3, -0.25) is 0 Å². The summed E-state index contributed by atoms with van der Waals surface area (Å²) >= 11 is 0. The molecule has 0 heterocycles. The van der Waals surface area contributed by atoms with Gasteiger partial charge in [0.2, 0.25) is 0 Å². The number of nitrogens with zero attached hydrogens (tertiary/aromatic N) is 1. The van der Waals surface area contributed by atoms with E-state index in [0.717, 1.165) is 22.1 Å². The van der Waals surface area contributed by atoms with Crippen LogP contribution in [0.15, 0.2) is 41.6 Å². The quantitative estimate of drug-likeness (QED) is 0.379. The molecule has 1 N–H and O–H groups in total. The Balaban J connectivity index is 2.39. The van der Waals surface area contributed by atoms with Crippen LogP contribution in [-0.2, 0) is 4.74 Å². The molecule has 4 nitrogen and oxygen atoms in total. The van der Waals surface area contributed by atoms with Gasteiger partial charge in [0.25, 0.3) is 0 Å². The fourth-order valence-corrected chi connectivity index (χ4v) is 2.08. The molecule has 0 fully saturated rings. The van der Waals surface area contributed by atoms with Crippen LogP contribution >= 0.6 is 0 Å². The first-order chi connectivity index (χ1) is 9.77. The van der Waals surface area contributed by atoms with Gasteiger partial charge in [0.05, 0.1) is 12.3 Å². The van der Waals surface area contributed by atoms with Crippen molar-refractivity contribution in [1.82, 2.24) is 0 Å². The van der Waals surface area contributed by atoms with E-state index in [0.29, 0.717) is 25.5 Å². The molecule has 2 aromatic rings. The van der Waals surface area contributed by atoms with Crippen molar-refractivity contribution in [3.63, 3.8) is 0 Å². The van der Waals surface area contributed by atoms with E-state index in [4.69, 9.17) is 14.7 Å². The zero-order chi connectivity index (χ0) is 14.4. The van der Waals surface area contributed by atoms with Crippen molar-refractivity contribution < 1.29 is 14.7 Å². The molecule has 0 aromatic heterocycles. The molecule has 106 valence electrons. The maximum atomic E-state index is 9.00. The number of fused-ring (bicyclic) bond motifs is 1. The molecule has 4 heteroatoms. The molecule has 0 atom stereocenters. The minimum Gasteiger partial charge on any atom is -0.490 e. The Labute approximate surface area is 118 Å². The second-order valence-corrected chi connectivity index (χ2v) is 4.39. The van der Waals surface area contributed by atoms with E-state index in [9.17, 15) is 0 Å². The van der Waals surface area contributed by atoms with E-state index in [1.807, 2.05) is 43.3 Å². The summed E-state index contributed by atoms with van der Waals surface area (Å²) in [6.45, 7) is 5.37. The molecule has 0 aliphatic heterocycles. The summed E-state index contributed by atoms with van der Waals surface area (Å²) in [6.07, 6.45) is 0. The molecule has 20 heavy (non-hydrogen) atoms. The van der Waals surface area contributed by atoms with Gasteiger partial charge in [-0.05, 0) is 25.3 Å². The van der Waals surface area contributed by atoms with Crippen molar-refractivity contribution >= 4 is 16.5 Å². The average Bonchev–Trinajstić information content (AvgIpc) is 2.50. The van der Waals surface area contributed by atoms with E-state index >= 15 is 0 Å². The monoisotopic (exact) mass is 273 g/mol. The van der Waals surface area contributed by atoms with E-state index < -0.39 is 0 Å². The molecule has 0 bridgehead atoms. The third kappa shape index (κ3) is 3.08. The topological polar surface area (TPSA) is 51.0 Å². The molecular formula is C16H19NO3. The van der Waals surface area contributed by atoms with Crippen molar-refractivity contribution in [3.05, 3.63) is 42.0 Å². The van der Waals surface area contributed by atoms with E-state index in [2.05, 4.69) is 5.16 Å². The summed E-state index contributed by atoms with van der Waals surface area (Å²) in [5, 5.41) is 14.4. The second-order valence-electron chi connectivity index (χ2n) is 4.39. The average molecular weight is 273 g/mol. The van der Waals surface area contributed by atoms with Gasteiger partial charge < -0.3 is 14.7 Å². The van der Waals surface area contributed by atoms with Crippen LogP contribution in [0.3, 0.4) is 0 Å². The molecule has 0 saturated heterocycles. The highest BCUT2D eigenvalue weighted by atomic mass is 16.5. The fraction of sp³-hybridized carbons (Fsp3) is 0.312. The normalized spacial score (nSPS) is 11.8. The van der Waals surface area contributed by atoms with E-state index in [1.54, 1.807) is 6.92 Å². The molecule has 0 radical (unpaired) electrons. The number of hydrogen-bond donors (Lipinski definition) is 1. The van der Waals surface area contributed by atoms with Crippen molar-refractivity contribution in [2.45, 2.75) is 13.8 Å². The fourth-order valence-electron chi connectivity index (χ4n) is 2.08. The minimum absolute atomic E-state index is 0.466. The Bertz CT molecular complexity index is 608. The van der Waals surface area contributed by atoms with E-state index in [1.165, 1.54) is 0 Å². The third-order valence-electron chi connectivity index (χ3n) is 3.10. The van der Waals surface area contributed by atoms with Gasteiger partial charge >= 0.3 is 0 Å². The molecule has 2 aromatic carbocycles. The summed E-state index contributed by atoms with van der Waals surface area (Å²) in [5.74, 6) is 0.734. The van der Waals surface area contributed by atoms with Gasteiger partial charge in [0, 0.05) is 17.6 Å². The molecule has 0 spiro atoms. The minimum atomic E-state index is 0.466. The molecule has 0 aliphatic rings. The SMILES string of the molecule is CCOCCOc1c(/C(C)=N/O)ccc2ccccc12. The largest absolute Gasteiger partial charge is 0.490 e. The summed E-state index contributed by atoms with van der Waals surface area (Å²) in [4.78, 5) is 0. The molecule has 2 rings (SSSR count). The molecule has 0 amide bonds. The zero-order valence-corrected chi connectivity index (χ0v) is 11.8. The van der Waals surface area contributed by atoms with Gasteiger partial charge in [0.1, 0.15) is 12.4 Å². The van der Waals surface area contributed by atoms with Gasteiger partial charge in [-0.25, -0.2) is 0 Å². The zero-order valence-electron chi connectivity index (χ0n) is 11.8. The summed E-state index contributed by atoms with van der Waals surface area (Å²) in [5.41, 5.74) is 1.32. The van der Waals surface area contributed by atoms with Crippen LogP contribution in [0.1, 0.15) is 19.4 Å². The molecular weight excluding hydrogens is 254 g/mol. The van der Waals surface area contributed by atoms with Crippen LogP contribution in [0.2, 0.25) is 0 Å². The lowest BCUT2D eigenvalue weighted by molar-refractivity contribution is 0.110. The van der Waals surface area contributed by atoms with Crippen LogP contribution in [-0.4, -0.2) is 30.7 Å². The van der Waals surface area contributed by atoms with E-state index in [-0.39, 0.29) is 0 Å². The van der Waals surface area contributed by atoms with Crippen molar-refractivity contribution in [3.8, 4) is 5.75 Å². The Hall–Kier alpha value is -2.07. The number of benzene rings is 2. The summed E-state index contributed by atoms with van der Waals surface area (Å²) < 4.78 is 11.1. The second kappa shape index (κ2) is 6.91. The predicted octanol–water partition coefficient (Wildman–Crippen LogP) is 3.45. The Morgan fingerprint density at radius 3 is 2.70 bits per heavy atom. The Morgan fingerprint density at radius 2 is 1.95 bits per heavy atom. The van der Waals surface area contributed by atoms with Gasteiger partial charge in [0.15, 0.2) is 0 Å². The summed E-state index contributed by atoms with van der Waals surface area (Å²) in [7, 11) is 0. The van der Waals surface area contributed by atoms with Crippen LogP contribution in [0.5, 0.6) is 5.75 Å². The van der Waals surface area contributed by atoms with Crippen molar-refractivity contribution in [2.75, 3.05) is 19.8 Å². The van der Waals surface area contributed by atoms with Gasteiger partial charge in [-0.2, -0.15) is 0 Å². The van der Waals surface area contributed by atoms with Gasteiger partial charge in [-0.1, -0.05) is 35.5 Å². The van der Waals surface area contributed by atoms with Crippen LogP contribution < -0.4 is 4.74 Å². The highest BCUT2D eigenvalue weighted by Crippen LogP contribution is 2.30. The standard InChI is InChI=1S/C16H19NO3/c1-3-19-10-11-20-16-14(12(2)17-18)9-8-13-6-4-5-7-15(13)16/h4-9,18H,3,10-11H2,1-2H3/b17-12+. The lowest BCUT2D eigenvalue weighted by atomic mass is 10.0. The van der Waals surface area contributed by atoms with Crippen molar-refractivity contribution in [1.29, 1.82) is 0 Å². The van der Waals surface area contributed by atoms with Crippen LogP contribution in [0, 0.1) is 0 Å². The first-order valence-corrected chi connectivity index (χ1v) is 6.69. The first-order valence-electron chi connectivity index (χ1n) is 6.69. The lowest BCUT2D eigenvalue weighted by Crippen LogP contribution is -2.09. The number of rotatable bonds is 6. The number of hydrogen-bond acceptors (Lipinski definition) is 4. The number of ether oxygens (including phenoxy) is 2. The molecule has 0 saturated carbocycles. The summed E-state index contributed by atoms with van der Waals surface area (Å²) in [6, 6.07) is 11.9. The molecule has 0 aliphatic carbocycles. The Kier molecular flexibility index (Phi) is 4.96. The highest BCUT2D eigenvalue weighted by Gasteiger charge is 2.11. The third-order valence-corrected chi connectivity index (χ3v) is 3.10. The lowest BCUT2D eigenvalue weighted by Gasteiger charge is -2.14. The first kappa shape index (κ1) is 14.3. The highest BCUT2D eigenvalue weighted by molar-refractivity contribution is 6.06. The predicted molar refractivity (Wildman–Crippen MR) is 79.9 cm³/mol. The maximum absolute atomic E-state index is 9.00. The van der Waals surface area contributed by atoms with Gasteiger partial charge in [-0.15, -0.1) is 0 Å². The molecule has 0 unspecified atom stereocenters. The smallest absolute Gasteiger partial charge is 0.136 e. The Morgan fingerprint density at radius 1 is 1.15 bits per heavy atom. The maximum Gasteiger partial charge on any atom is 0.136 e. The van der Waals surface area contributed by atoms with Crippen LogP contribution in [0.4, 0.5) is 0 Å².